The van der Waals surface area contributed by atoms with E-state index < -0.39 is 29.8 Å². The molecule has 0 radical (unpaired) electrons. The SMILES string of the molecule is COc1ccc(C(=O)N2CCC(OCCN3CCC(CN4CCC(n5cc(-c6cnc(N)c(C(=O)O[C@@H](C(=O)Nc7ccc(F)cc7)c7ccccc7)n6)cn5)CC4)CC3)CC2)cc1N1CCC(=O)NC1=O. The Bertz CT molecular complexity index is 2720. The number of likely N-dealkylation sites (tertiary alicyclic amines) is 3. The Balaban J connectivity index is 0.687. The van der Waals surface area contributed by atoms with Gasteiger partial charge in [0.25, 0.3) is 11.8 Å². The molecule has 4 fully saturated rings. The molecule has 9 rings (SSSR count). The maximum absolute atomic E-state index is 13.6. The quantitative estimate of drug-likeness (QED) is 0.101. The van der Waals surface area contributed by atoms with Crippen LogP contribution < -0.4 is 26.0 Å². The number of rotatable bonds is 16. The standard InChI is InChI=1S/C52H60FN11O8/c1-70-44-12-7-36(29-43(44)63-26-19-45(65)59-52(63)69)50(67)62-24-17-41(18-25-62)71-28-27-60-20-13-34(14-21-60)32-61-22-15-40(16-23-61)64-33-37(30-56-64)42-31-55-48(54)46(58-42)51(68)72-47(35-5-3-2-4-6-35)49(66)57-39-10-8-38(53)9-11-39/h2-12,29-31,33-34,40-41,47H,13-28,32H2,1H3,(H2,54,55)(H,57,66)(H,59,65,69)/t47-/m1/s1. The van der Waals surface area contributed by atoms with Crippen LogP contribution in [0.2, 0.25) is 0 Å². The van der Waals surface area contributed by atoms with Crippen LogP contribution in [0.1, 0.15) is 83.5 Å². The number of hydrogen-bond acceptors (Lipinski definition) is 14. The molecule has 0 saturated carbocycles. The number of hydrogen-bond donors (Lipinski definition) is 3. The number of amides is 5. The number of methoxy groups -OCH3 is 1. The van der Waals surface area contributed by atoms with Gasteiger partial charge in [0.2, 0.25) is 12.0 Å². The van der Waals surface area contributed by atoms with Crippen molar-refractivity contribution in [2.75, 3.05) is 88.6 Å². The van der Waals surface area contributed by atoms with Crippen molar-refractivity contribution in [1.82, 2.24) is 39.8 Å². The number of carbonyl (C=O) groups excluding carboxylic acids is 5. The summed E-state index contributed by atoms with van der Waals surface area (Å²) in [5.74, 6) is -1.52. The lowest BCUT2D eigenvalue weighted by Gasteiger charge is -2.38. The van der Waals surface area contributed by atoms with Crippen LogP contribution in [0.4, 0.5) is 26.4 Å². The van der Waals surface area contributed by atoms with Gasteiger partial charge in [-0.15, -0.1) is 0 Å². The van der Waals surface area contributed by atoms with E-state index in [1.807, 2.05) is 15.8 Å². The van der Waals surface area contributed by atoms with E-state index in [1.165, 1.54) is 42.5 Å². The highest BCUT2D eigenvalue weighted by Crippen LogP contribution is 2.33. The van der Waals surface area contributed by atoms with E-state index in [0.29, 0.717) is 65.1 Å². The Morgan fingerprint density at radius 1 is 0.875 bits per heavy atom. The Kier molecular flexibility index (Phi) is 15.8. The first-order chi connectivity index (χ1) is 35.0. The Morgan fingerprint density at radius 3 is 2.33 bits per heavy atom. The fraction of sp³-hybridized carbons (Fsp3) is 0.423. The molecule has 72 heavy (non-hydrogen) atoms. The summed E-state index contributed by atoms with van der Waals surface area (Å²) in [7, 11) is 1.51. The van der Waals surface area contributed by atoms with Crippen molar-refractivity contribution in [1.29, 1.82) is 0 Å². The van der Waals surface area contributed by atoms with Crippen LogP contribution in [0.5, 0.6) is 5.75 Å². The van der Waals surface area contributed by atoms with Gasteiger partial charge in [-0.05, 0) is 100.0 Å². The van der Waals surface area contributed by atoms with Crippen LogP contribution in [0.3, 0.4) is 0 Å². The summed E-state index contributed by atoms with van der Waals surface area (Å²) < 4.78 is 33.0. The summed E-state index contributed by atoms with van der Waals surface area (Å²) in [6, 6.07) is 18.5. The van der Waals surface area contributed by atoms with Gasteiger partial charge in [-0.1, -0.05) is 30.3 Å². The number of anilines is 3. The predicted molar refractivity (Wildman–Crippen MR) is 265 cm³/mol. The number of aromatic nitrogens is 4. The number of piperidine rings is 3. The fourth-order valence-corrected chi connectivity index (χ4v) is 9.87. The molecule has 19 nitrogen and oxygen atoms in total. The minimum atomic E-state index is -1.36. The molecule has 3 aromatic carbocycles. The Hall–Kier alpha value is -7.29. The molecule has 2 aromatic heterocycles. The number of carbonyl (C=O) groups is 5. The molecule has 378 valence electrons. The molecule has 4 aliphatic heterocycles. The summed E-state index contributed by atoms with van der Waals surface area (Å²) in [4.78, 5) is 81.8. The number of urea groups is 1. The molecule has 20 heteroatoms. The van der Waals surface area contributed by atoms with Gasteiger partial charge in [0.15, 0.2) is 11.5 Å². The van der Waals surface area contributed by atoms with Crippen LogP contribution in [0.25, 0.3) is 11.3 Å². The van der Waals surface area contributed by atoms with Gasteiger partial charge < -0.3 is 40.0 Å². The van der Waals surface area contributed by atoms with Crippen molar-refractivity contribution in [2.24, 2.45) is 5.92 Å². The number of imide groups is 1. The Morgan fingerprint density at radius 2 is 1.61 bits per heavy atom. The van der Waals surface area contributed by atoms with E-state index in [-0.39, 0.29) is 48.4 Å². The maximum atomic E-state index is 13.6. The molecular weight excluding hydrogens is 926 g/mol. The highest BCUT2D eigenvalue weighted by molar-refractivity contribution is 6.07. The average molecular weight is 986 g/mol. The molecule has 0 spiro atoms. The average Bonchev–Trinajstić information content (AvgIpc) is 3.90. The first-order valence-corrected chi connectivity index (χ1v) is 24.6. The zero-order valence-electron chi connectivity index (χ0n) is 40.3. The molecule has 5 aromatic rings. The largest absolute Gasteiger partial charge is 0.495 e. The maximum Gasteiger partial charge on any atom is 0.361 e. The molecule has 0 unspecified atom stereocenters. The first-order valence-electron chi connectivity index (χ1n) is 24.6. The van der Waals surface area contributed by atoms with Crippen molar-refractivity contribution < 1.29 is 42.6 Å². The van der Waals surface area contributed by atoms with E-state index in [0.717, 1.165) is 77.8 Å². The number of nitrogen functional groups attached to an aromatic ring is 1. The lowest BCUT2D eigenvalue weighted by atomic mass is 9.94. The highest BCUT2D eigenvalue weighted by atomic mass is 19.1. The van der Waals surface area contributed by atoms with Gasteiger partial charge in [0, 0.05) is 80.8 Å². The molecule has 0 aliphatic carbocycles. The van der Waals surface area contributed by atoms with Crippen molar-refractivity contribution in [2.45, 2.75) is 63.2 Å². The molecule has 0 bridgehead atoms. The van der Waals surface area contributed by atoms with Crippen LogP contribution in [0.15, 0.2) is 91.4 Å². The normalized spacial score (nSPS) is 18.1. The number of halogens is 1. The second kappa shape index (κ2) is 22.9. The molecule has 4 saturated heterocycles. The highest BCUT2D eigenvalue weighted by Gasteiger charge is 2.32. The second-order valence-electron chi connectivity index (χ2n) is 18.7. The van der Waals surface area contributed by atoms with Crippen molar-refractivity contribution >= 4 is 46.9 Å². The molecule has 6 heterocycles. The fourth-order valence-electron chi connectivity index (χ4n) is 9.87. The van der Waals surface area contributed by atoms with E-state index in [4.69, 9.17) is 19.9 Å². The van der Waals surface area contributed by atoms with E-state index in [2.05, 4.69) is 35.5 Å². The lowest BCUT2D eigenvalue weighted by molar-refractivity contribution is -0.125. The molecule has 5 amide bonds. The number of esters is 1. The van der Waals surface area contributed by atoms with Crippen LogP contribution in [-0.4, -0.2) is 143 Å². The van der Waals surface area contributed by atoms with Gasteiger partial charge in [0.05, 0.1) is 49.6 Å². The van der Waals surface area contributed by atoms with E-state index >= 15 is 0 Å². The van der Waals surface area contributed by atoms with Gasteiger partial charge in [0.1, 0.15) is 11.6 Å². The number of ether oxygens (including phenoxy) is 3. The van der Waals surface area contributed by atoms with Gasteiger partial charge >= 0.3 is 12.0 Å². The van der Waals surface area contributed by atoms with Crippen molar-refractivity contribution in [3.8, 4) is 17.0 Å². The minimum absolute atomic E-state index is 0.0948. The summed E-state index contributed by atoms with van der Waals surface area (Å²) in [6.45, 7) is 8.01. The van der Waals surface area contributed by atoms with Crippen LogP contribution in [0, 0.1) is 11.7 Å². The summed E-state index contributed by atoms with van der Waals surface area (Å²) in [6.07, 6.45) is 9.69. The second-order valence-corrected chi connectivity index (χ2v) is 18.7. The molecule has 4 aliphatic rings. The predicted octanol–water partition coefficient (Wildman–Crippen LogP) is 5.72. The minimum Gasteiger partial charge on any atom is -0.495 e. The van der Waals surface area contributed by atoms with Gasteiger partial charge in [-0.3, -0.25) is 29.3 Å². The smallest absolute Gasteiger partial charge is 0.361 e. The lowest BCUT2D eigenvalue weighted by Crippen LogP contribution is -2.49. The van der Waals surface area contributed by atoms with Crippen molar-refractivity contribution in [3.05, 3.63) is 114 Å². The first kappa shape index (κ1) is 49.7. The summed E-state index contributed by atoms with van der Waals surface area (Å²) in [5.41, 5.74) is 8.62. The number of nitrogens with two attached hydrogens (primary N) is 1. The zero-order valence-corrected chi connectivity index (χ0v) is 40.3. The zero-order chi connectivity index (χ0) is 50.1. The van der Waals surface area contributed by atoms with Gasteiger partial charge in [-0.25, -0.2) is 23.9 Å². The van der Waals surface area contributed by atoms with Gasteiger partial charge in [-0.2, -0.15) is 5.10 Å². The van der Waals surface area contributed by atoms with Crippen LogP contribution >= 0.6 is 0 Å². The van der Waals surface area contributed by atoms with E-state index in [9.17, 15) is 28.4 Å². The molecule has 4 N–H and O–H groups in total. The molecule has 1 atom stereocenters. The monoisotopic (exact) mass is 985 g/mol. The number of nitrogens with one attached hydrogen (secondary N) is 2. The van der Waals surface area contributed by atoms with Crippen molar-refractivity contribution in [3.63, 3.8) is 0 Å². The molecular formula is C52H60FN11O8. The number of benzene rings is 3. The third-order valence-electron chi connectivity index (χ3n) is 14.0. The summed E-state index contributed by atoms with van der Waals surface area (Å²) in [5, 5.41) is 9.68. The van der Waals surface area contributed by atoms with Crippen LogP contribution in [-0.2, 0) is 19.1 Å². The Labute approximate surface area is 416 Å². The number of nitrogens with zero attached hydrogens (tertiary/aromatic N) is 8. The third kappa shape index (κ3) is 12.1. The summed E-state index contributed by atoms with van der Waals surface area (Å²) >= 11 is 0. The topological polar surface area (TPSA) is 220 Å². The third-order valence-corrected chi connectivity index (χ3v) is 14.0. The van der Waals surface area contributed by atoms with E-state index in [1.54, 1.807) is 54.7 Å².